The van der Waals surface area contributed by atoms with Crippen LogP contribution in [0, 0.1) is 0 Å². The van der Waals surface area contributed by atoms with Crippen LogP contribution in [0.2, 0.25) is 5.02 Å². The molecule has 0 unspecified atom stereocenters. The van der Waals surface area contributed by atoms with Gasteiger partial charge in [-0.15, -0.1) is 0 Å². The summed E-state index contributed by atoms with van der Waals surface area (Å²) in [6, 6.07) is -0.159. The van der Waals surface area contributed by atoms with Crippen molar-refractivity contribution in [2.45, 2.75) is 12.5 Å². The van der Waals surface area contributed by atoms with Crippen molar-refractivity contribution in [1.82, 2.24) is 25.0 Å². The summed E-state index contributed by atoms with van der Waals surface area (Å²) < 4.78 is 4.82. The van der Waals surface area contributed by atoms with Gasteiger partial charge in [0.25, 0.3) is 17.6 Å². The van der Waals surface area contributed by atoms with Gasteiger partial charge >= 0.3 is 6.01 Å². The first-order valence-corrected chi connectivity index (χ1v) is 7.73. The number of amides is 2. The van der Waals surface area contributed by atoms with Crippen molar-refractivity contribution in [2.75, 3.05) is 23.7 Å². The van der Waals surface area contributed by atoms with E-state index in [1.807, 2.05) is 0 Å². The second-order valence-electron chi connectivity index (χ2n) is 5.22. The number of nitrogens with zero attached hydrogens (tertiary/aromatic N) is 5. The van der Waals surface area contributed by atoms with Crippen molar-refractivity contribution in [3.63, 3.8) is 0 Å². The van der Waals surface area contributed by atoms with Gasteiger partial charge < -0.3 is 14.7 Å². The fourth-order valence-corrected chi connectivity index (χ4v) is 2.39. The highest BCUT2D eigenvalue weighted by atomic mass is 35.5. The number of hydrogen-bond donors (Lipinski definition) is 2. The molecule has 3 heterocycles. The molecule has 0 aliphatic carbocycles. The number of likely N-dealkylation sites (tertiary alicyclic amines) is 1. The first kappa shape index (κ1) is 16.8. The molecule has 0 radical (unpaired) electrons. The van der Waals surface area contributed by atoms with E-state index in [0.717, 1.165) is 12.5 Å². The molecule has 1 aliphatic heterocycles. The first-order chi connectivity index (χ1) is 12.0. The van der Waals surface area contributed by atoms with Gasteiger partial charge in [-0.2, -0.15) is 4.98 Å². The molecule has 0 spiro atoms. The van der Waals surface area contributed by atoms with Gasteiger partial charge in [-0.05, 0) is 17.7 Å². The van der Waals surface area contributed by atoms with Crippen molar-refractivity contribution in [2.24, 2.45) is 0 Å². The van der Waals surface area contributed by atoms with Crippen LogP contribution in [0.5, 0.6) is 0 Å². The number of anilines is 2. The third kappa shape index (κ3) is 4.10. The van der Waals surface area contributed by atoms with E-state index in [1.54, 1.807) is 4.90 Å². The first-order valence-electron chi connectivity index (χ1n) is 7.35. The third-order valence-corrected chi connectivity index (χ3v) is 3.66. The Morgan fingerprint density at radius 1 is 1.40 bits per heavy atom. The van der Waals surface area contributed by atoms with Gasteiger partial charge in [0, 0.05) is 19.1 Å². The fraction of sp³-hybridized carbons (Fsp3) is 0.286. The molecular weight excluding hydrogens is 350 g/mol. The zero-order valence-corrected chi connectivity index (χ0v) is 13.7. The molecule has 2 amide bonds. The molecule has 11 heteroatoms. The van der Waals surface area contributed by atoms with Crippen LogP contribution in [0.3, 0.4) is 0 Å². The summed E-state index contributed by atoms with van der Waals surface area (Å²) in [7, 11) is 0. The number of carbonyl (C=O) groups excluding carboxylic acids is 2. The Balaban J connectivity index is 1.58. The minimum atomic E-state index is -0.504. The minimum Gasteiger partial charge on any atom is -0.350 e. The van der Waals surface area contributed by atoms with Crippen molar-refractivity contribution in [3.05, 3.63) is 35.9 Å². The van der Waals surface area contributed by atoms with E-state index in [0.29, 0.717) is 24.1 Å². The third-order valence-electron chi connectivity index (χ3n) is 3.46. The average Bonchev–Trinajstić information content (AvgIpc) is 3.26. The lowest BCUT2D eigenvalue weighted by Crippen LogP contribution is -2.32. The molecule has 1 aliphatic rings. The molecule has 1 fully saturated rings. The number of aromatic nitrogens is 4. The Labute approximate surface area is 147 Å². The standard InChI is InChI=1S/C14H14ClN7O3/c1-2-10(23)19-14-20-11(21-25-14)12(24)22-4-3-9(7-22)18-13-16-5-8(15)6-17-13/h2,5-6,9H,1,3-4,7H2,(H,16,17,18)(H,19,20,21,23)/t9-/m1/s1. The molecule has 0 saturated carbocycles. The van der Waals surface area contributed by atoms with E-state index < -0.39 is 5.91 Å². The molecule has 2 aromatic rings. The van der Waals surface area contributed by atoms with Crippen molar-refractivity contribution >= 4 is 35.4 Å². The zero-order valence-electron chi connectivity index (χ0n) is 13.0. The Kier molecular flexibility index (Phi) is 4.89. The highest BCUT2D eigenvalue weighted by Crippen LogP contribution is 2.16. The molecule has 2 aromatic heterocycles. The van der Waals surface area contributed by atoms with Crippen LogP contribution < -0.4 is 10.6 Å². The minimum absolute atomic E-state index is 0.00281. The van der Waals surface area contributed by atoms with E-state index in [2.05, 4.69) is 37.3 Å². The summed E-state index contributed by atoms with van der Waals surface area (Å²) in [5.74, 6) is -0.569. The maximum absolute atomic E-state index is 12.4. The SMILES string of the molecule is C=CC(=O)Nc1nc(C(=O)N2CC[C@@H](Nc3ncc(Cl)cn3)C2)no1. The van der Waals surface area contributed by atoms with E-state index in [-0.39, 0.29) is 23.8 Å². The van der Waals surface area contributed by atoms with Crippen LogP contribution >= 0.6 is 11.6 Å². The normalized spacial score (nSPS) is 16.5. The van der Waals surface area contributed by atoms with Crippen LogP contribution in [-0.2, 0) is 4.79 Å². The Hall–Kier alpha value is -3.01. The molecule has 0 bridgehead atoms. The second-order valence-corrected chi connectivity index (χ2v) is 5.66. The molecule has 130 valence electrons. The summed E-state index contributed by atoms with van der Waals surface area (Å²) in [6.07, 6.45) is 4.76. The summed E-state index contributed by atoms with van der Waals surface area (Å²) in [6.45, 7) is 4.27. The zero-order chi connectivity index (χ0) is 17.8. The average molecular weight is 364 g/mol. The Morgan fingerprint density at radius 2 is 2.16 bits per heavy atom. The smallest absolute Gasteiger partial charge is 0.328 e. The van der Waals surface area contributed by atoms with E-state index in [1.165, 1.54) is 12.4 Å². The van der Waals surface area contributed by atoms with Crippen molar-refractivity contribution < 1.29 is 14.1 Å². The van der Waals surface area contributed by atoms with E-state index in [4.69, 9.17) is 16.1 Å². The van der Waals surface area contributed by atoms with Crippen LogP contribution in [0.25, 0.3) is 0 Å². The highest BCUT2D eigenvalue weighted by Gasteiger charge is 2.30. The monoisotopic (exact) mass is 363 g/mol. The van der Waals surface area contributed by atoms with Gasteiger partial charge in [-0.3, -0.25) is 14.9 Å². The van der Waals surface area contributed by atoms with Crippen molar-refractivity contribution in [1.29, 1.82) is 0 Å². The highest BCUT2D eigenvalue weighted by molar-refractivity contribution is 6.30. The predicted octanol–water partition coefficient (Wildman–Crippen LogP) is 0.964. The van der Waals surface area contributed by atoms with Crippen LogP contribution in [0.15, 0.2) is 29.6 Å². The number of carbonyl (C=O) groups is 2. The van der Waals surface area contributed by atoms with Gasteiger partial charge in [0.2, 0.25) is 5.95 Å². The van der Waals surface area contributed by atoms with Gasteiger partial charge in [-0.1, -0.05) is 18.2 Å². The largest absolute Gasteiger partial charge is 0.350 e. The summed E-state index contributed by atoms with van der Waals surface area (Å²) in [5.41, 5.74) is 0. The number of halogens is 1. The molecule has 0 aromatic carbocycles. The lowest BCUT2D eigenvalue weighted by Gasteiger charge is -2.15. The lowest BCUT2D eigenvalue weighted by molar-refractivity contribution is -0.112. The molecule has 25 heavy (non-hydrogen) atoms. The molecule has 10 nitrogen and oxygen atoms in total. The maximum Gasteiger partial charge on any atom is 0.328 e. The number of nitrogens with one attached hydrogen (secondary N) is 2. The lowest BCUT2D eigenvalue weighted by atomic mass is 10.3. The molecule has 1 atom stereocenters. The van der Waals surface area contributed by atoms with Crippen molar-refractivity contribution in [3.8, 4) is 0 Å². The maximum atomic E-state index is 12.4. The second kappa shape index (κ2) is 7.26. The Morgan fingerprint density at radius 3 is 2.88 bits per heavy atom. The number of rotatable bonds is 5. The molecule has 1 saturated heterocycles. The molecular formula is C14H14ClN7O3. The quantitative estimate of drug-likeness (QED) is 0.752. The van der Waals surface area contributed by atoms with Gasteiger partial charge in [0.05, 0.1) is 17.4 Å². The van der Waals surface area contributed by atoms with Gasteiger partial charge in [0.15, 0.2) is 0 Å². The number of hydrogen-bond acceptors (Lipinski definition) is 8. The molecule has 2 N–H and O–H groups in total. The van der Waals surface area contributed by atoms with E-state index in [9.17, 15) is 9.59 Å². The van der Waals surface area contributed by atoms with Crippen LogP contribution in [0.4, 0.5) is 12.0 Å². The fourth-order valence-electron chi connectivity index (χ4n) is 2.29. The summed E-state index contributed by atoms with van der Waals surface area (Å²) in [5, 5.41) is 9.46. The van der Waals surface area contributed by atoms with Crippen LogP contribution in [0.1, 0.15) is 17.0 Å². The summed E-state index contributed by atoms with van der Waals surface area (Å²) >= 11 is 5.74. The van der Waals surface area contributed by atoms with Crippen LogP contribution in [-0.4, -0.2) is 56.0 Å². The van der Waals surface area contributed by atoms with Gasteiger partial charge in [-0.25, -0.2) is 9.97 Å². The molecule has 3 rings (SSSR count). The van der Waals surface area contributed by atoms with E-state index >= 15 is 0 Å². The topological polar surface area (TPSA) is 126 Å². The Bertz CT molecular complexity index is 792. The van der Waals surface area contributed by atoms with Gasteiger partial charge in [0.1, 0.15) is 0 Å². The summed E-state index contributed by atoms with van der Waals surface area (Å²) in [4.78, 5) is 37.1. The predicted molar refractivity (Wildman–Crippen MR) is 88.1 cm³/mol.